The number of hydrogen-bond donors (Lipinski definition) is 1. The van der Waals surface area contributed by atoms with Gasteiger partial charge in [0.15, 0.2) is 0 Å². The third kappa shape index (κ3) is 4.80. The summed E-state index contributed by atoms with van der Waals surface area (Å²) < 4.78 is 0. The first-order chi connectivity index (χ1) is 12.8. The van der Waals surface area contributed by atoms with Gasteiger partial charge in [0, 0.05) is 31.7 Å². The van der Waals surface area contributed by atoms with Crippen molar-refractivity contribution in [2.75, 3.05) is 25.0 Å². The predicted molar refractivity (Wildman–Crippen MR) is 107 cm³/mol. The van der Waals surface area contributed by atoms with Crippen LogP contribution in [0.3, 0.4) is 0 Å². The van der Waals surface area contributed by atoms with Gasteiger partial charge in [-0.05, 0) is 44.4 Å². The van der Waals surface area contributed by atoms with E-state index in [0.29, 0.717) is 42.3 Å². The van der Waals surface area contributed by atoms with Crippen molar-refractivity contribution in [2.24, 2.45) is 5.92 Å². The first-order valence-corrected chi connectivity index (χ1v) is 9.87. The molecule has 0 aliphatic carbocycles. The number of hydrogen-bond acceptors (Lipinski definition) is 3. The summed E-state index contributed by atoms with van der Waals surface area (Å²) in [5.74, 6) is -0.363. The van der Waals surface area contributed by atoms with Crippen LogP contribution in [0.25, 0.3) is 0 Å². The molecule has 1 saturated heterocycles. The molecule has 0 spiro atoms. The van der Waals surface area contributed by atoms with Gasteiger partial charge >= 0.3 is 0 Å². The molecule has 1 aliphatic rings. The average Bonchev–Trinajstić information content (AvgIpc) is 3.01. The highest BCUT2D eigenvalue weighted by molar-refractivity contribution is 6.34. The first-order valence-electron chi connectivity index (χ1n) is 9.49. The molecule has 7 heteroatoms. The summed E-state index contributed by atoms with van der Waals surface area (Å²) >= 11 is 6.29. The van der Waals surface area contributed by atoms with Gasteiger partial charge in [0.25, 0.3) is 5.91 Å². The quantitative estimate of drug-likeness (QED) is 0.771. The Balaban J connectivity index is 2.16. The average molecular weight is 394 g/mol. The molecule has 1 fully saturated rings. The zero-order valence-electron chi connectivity index (χ0n) is 16.4. The molecule has 0 unspecified atom stereocenters. The molecular weight excluding hydrogens is 366 g/mol. The minimum absolute atomic E-state index is 0.00830. The molecule has 3 amide bonds. The van der Waals surface area contributed by atoms with Crippen molar-refractivity contribution in [3.8, 4) is 0 Å². The van der Waals surface area contributed by atoms with Crippen LogP contribution in [0.2, 0.25) is 5.02 Å². The topological polar surface area (TPSA) is 69.7 Å². The Morgan fingerprint density at radius 3 is 2.41 bits per heavy atom. The van der Waals surface area contributed by atoms with Crippen LogP contribution >= 0.6 is 11.6 Å². The van der Waals surface area contributed by atoms with Gasteiger partial charge in [-0.3, -0.25) is 14.4 Å². The molecule has 1 aromatic rings. The van der Waals surface area contributed by atoms with E-state index in [0.717, 1.165) is 6.42 Å². The van der Waals surface area contributed by atoms with Crippen molar-refractivity contribution in [3.63, 3.8) is 0 Å². The summed E-state index contributed by atoms with van der Waals surface area (Å²) in [6.07, 6.45) is 1.27. The van der Waals surface area contributed by atoms with E-state index in [9.17, 15) is 14.4 Å². The van der Waals surface area contributed by atoms with E-state index in [2.05, 4.69) is 5.32 Å². The molecule has 27 heavy (non-hydrogen) atoms. The van der Waals surface area contributed by atoms with E-state index in [-0.39, 0.29) is 23.6 Å². The lowest BCUT2D eigenvalue weighted by Gasteiger charge is -2.30. The lowest BCUT2D eigenvalue weighted by atomic mass is 10.0. The van der Waals surface area contributed by atoms with Gasteiger partial charge in [0.05, 0.1) is 10.6 Å². The van der Waals surface area contributed by atoms with E-state index in [1.165, 1.54) is 0 Å². The molecule has 1 aromatic carbocycles. The van der Waals surface area contributed by atoms with Gasteiger partial charge in [-0.15, -0.1) is 0 Å². The number of anilines is 1. The molecule has 1 heterocycles. The van der Waals surface area contributed by atoms with Crippen molar-refractivity contribution in [2.45, 2.75) is 46.6 Å². The number of likely N-dealkylation sites (tertiary alicyclic amines) is 1. The third-order valence-corrected chi connectivity index (χ3v) is 5.18. The summed E-state index contributed by atoms with van der Waals surface area (Å²) in [7, 11) is 0. The standard InChI is InChI=1S/C20H28ClN3O3/c1-5-23(6-2)20(27)15-10-9-14(12-16(15)21)22-19(26)18(13(3)4)24-11-7-8-17(24)25/h9-10,12-13,18H,5-8,11H2,1-4H3,(H,22,26)/t18-/m0/s1. The smallest absolute Gasteiger partial charge is 0.255 e. The number of halogens is 1. The van der Waals surface area contributed by atoms with Crippen LogP contribution in [0.5, 0.6) is 0 Å². The van der Waals surface area contributed by atoms with Gasteiger partial charge in [-0.25, -0.2) is 0 Å². The van der Waals surface area contributed by atoms with Gasteiger partial charge in [0.2, 0.25) is 11.8 Å². The maximum atomic E-state index is 12.8. The van der Waals surface area contributed by atoms with Crippen molar-refractivity contribution in [1.29, 1.82) is 0 Å². The summed E-state index contributed by atoms with van der Waals surface area (Å²) in [4.78, 5) is 40.7. The minimum Gasteiger partial charge on any atom is -0.339 e. The fraction of sp³-hybridized carbons (Fsp3) is 0.550. The summed E-state index contributed by atoms with van der Waals surface area (Å²) in [5, 5.41) is 3.14. The Morgan fingerprint density at radius 2 is 1.93 bits per heavy atom. The van der Waals surface area contributed by atoms with E-state index in [1.54, 1.807) is 28.0 Å². The largest absolute Gasteiger partial charge is 0.339 e. The molecule has 6 nitrogen and oxygen atoms in total. The summed E-state index contributed by atoms with van der Waals surface area (Å²) in [6.45, 7) is 9.48. The molecule has 1 N–H and O–H groups in total. The zero-order chi connectivity index (χ0) is 20.1. The Kier molecular flexibility index (Phi) is 7.25. The molecule has 1 aliphatic heterocycles. The summed E-state index contributed by atoms with van der Waals surface area (Å²) in [6, 6.07) is 4.36. The van der Waals surface area contributed by atoms with Crippen LogP contribution in [0, 0.1) is 5.92 Å². The molecule has 148 valence electrons. The molecule has 0 aromatic heterocycles. The Morgan fingerprint density at radius 1 is 1.26 bits per heavy atom. The predicted octanol–water partition coefficient (Wildman–Crippen LogP) is 3.41. The first kappa shape index (κ1) is 21.2. The highest BCUT2D eigenvalue weighted by atomic mass is 35.5. The number of carbonyl (C=O) groups excluding carboxylic acids is 3. The van der Waals surface area contributed by atoms with Crippen molar-refractivity contribution >= 4 is 35.0 Å². The highest BCUT2D eigenvalue weighted by Crippen LogP contribution is 2.25. The maximum absolute atomic E-state index is 12.8. The third-order valence-electron chi connectivity index (χ3n) is 4.86. The van der Waals surface area contributed by atoms with Gasteiger partial charge in [-0.1, -0.05) is 25.4 Å². The summed E-state index contributed by atoms with van der Waals surface area (Å²) in [5.41, 5.74) is 0.923. The highest BCUT2D eigenvalue weighted by Gasteiger charge is 2.35. The normalized spacial score (nSPS) is 15.2. The van der Waals surface area contributed by atoms with E-state index >= 15 is 0 Å². The zero-order valence-corrected chi connectivity index (χ0v) is 17.2. The Bertz CT molecular complexity index is 716. The second-order valence-corrected chi connectivity index (χ2v) is 7.45. The number of benzene rings is 1. The second kappa shape index (κ2) is 9.22. The van der Waals surface area contributed by atoms with E-state index in [1.807, 2.05) is 27.7 Å². The van der Waals surface area contributed by atoms with Crippen LogP contribution in [-0.4, -0.2) is 53.2 Å². The number of amides is 3. The fourth-order valence-electron chi connectivity index (χ4n) is 3.43. The van der Waals surface area contributed by atoms with Crippen LogP contribution < -0.4 is 5.32 Å². The van der Waals surface area contributed by atoms with Crippen molar-refractivity contribution < 1.29 is 14.4 Å². The molecule has 0 bridgehead atoms. The Labute approximate surface area is 165 Å². The van der Waals surface area contributed by atoms with Crippen LogP contribution in [0.15, 0.2) is 18.2 Å². The maximum Gasteiger partial charge on any atom is 0.255 e. The lowest BCUT2D eigenvalue weighted by Crippen LogP contribution is -2.47. The van der Waals surface area contributed by atoms with Gasteiger partial charge < -0.3 is 15.1 Å². The van der Waals surface area contributed by atoms with E-state index < -0.39 is 6.04 Å². The van der Waals surface area contributed by atoms with Crippen LogP contribution in [0.4, 0.5) is 5.69 Å². The SMILES string of the molecule is CCN(CC)C(=O)c1ccc(NC(=O)[C@H](C(C)C)N2CCCC2=O)cc1Cl. The number of rotatable bonds is 7. The van der Waals surface area contributed by atoms with Gasteiger partial charge in [0.1, 0.15) is 6.04 Å². The van der Waals surface area contributed by atoms with Crippen molar-refractivity contribution in [1.82, 2.24) is 9.80 Å². The van der Waals surface area contributed by atoms with Crippen LogP contribution in [0.1, 0.15) is 50.9 Å². The number of nitrogens with zero attached hydrogens (tertiary/aromatic N) is 2. The van der Waals surface area contributed by atoms with E-state index in [4.69, 9.17) is 11.6 Å². The number of nitrogens with one attached hydrogen (secondary N) is 1. The fourth-order valence-corrected chi connectivity index (χ4v) is 3.69. The van der Waals surface area contributed by atoms with Crippen molar-refractivity contribution in [3.05, 3.63) is 28.8 Å². The Hall–Kier alpha value is -2.08. The van der Waals surface area contributed by atoms with Gasteiger partial charge in [-0.2, -0.15) is 0 Å². The second-order valence-electron chi connectivity index (χ2n) is 7.04. The molecule has 2 rings (SSSR count). The lowest BCUT2D eigenvalue weighted by molar-refractivity contribution is -0.136. The monoisotopic (exact) mass is 393 g/mol. The molecule has 0 saturated carbocycles. The molecule has 0 radical (unpaired) electrons. The minimum atomic E-state index is -0.518. The molecule has 1 atom stereocenters. The van der Waals surface area contributed by atoms with Crippen LogP contribution in [-0.2, 0) is 9.59 Å². The number of carbonyl (C=O) groups is 3. The molecular formula is C20H28ClN3O3.